The summed E-state index contributed by atoms with van der Waals surface area (Å²) in [5, 5.41) is 7.76. The maximum atomic E-state index is 13.8. The van der Waals surface area contributed by atoms with E-state index in [0.29, 0.717) is 5.92 Å². The fourth-order valence-corrected chi connectivity index (χ4v) is 3.10. The van der Waals surface area contributed by atoms with E-state index >= 15 is 0 Å². The van der Waals surface area contributed by atoms with Gasteiger partial charge in [0.1, 0.15) is 5.82 Å². The second-order valence-corrected chi connectivity index (χ2v) is 5.98. The maximum absolute atomic E-state index is 13.8. The average molecular weight is 291 g/mol. The normalized spacial score (nSPS) is 12.5. The molecule has 20 heavy (non-hydrogen) atoms. The van der Waals surface area contributed by atoms with Gasteiger partial charge in [0.2, 0.25) is 0 Å². The first-order chi connectivity index (χ1) is 9.79. The van der Waals surface area contributed by atoms with Crippen LogP contribution in [0.15, 0.2) is 41.1 Å². The standard InChI is InChI=1S/C17H22FNS/c1-2-8-19-12-15(10-14-7-9-20-13-14)11-16-5-3-4-6-17(16)18/h3-7,9,13,15,19H,2,8,10-12H2,1H3. The van der Waals surface area contributed by atoms with Gasteiger partial charge in [0.25, 0.3) is 0 Å². The number of nitrogens with one attached hydrogen (secondary N) is 1. The molecule has 2 aromatic rings. The van der Waals surface area contributed by atoms with Gasteiger partial charge in [-0.1, -0.05) is 25.1 Å². The number of thiophene rings is 1. The predicted molar refractivity (Wildman–Crippen MR) is 84.8 cm³/mol. The van der Waals surface area contributed by atoms with Gasteiger partial charge in [-0.05, 0) is 72.3 Å². The molecule has 0 aliphatic carbocycles. The zero-order valence-corrected chi connectivity index (χ0v) is 12.8. The zero-order valence-electron chi connectivity index (χ0n) is 11.9. The molecule has 108 valence electrons. The molecule has 0 radical (unpaired) electrons. The highest BCUT2D eigenvalue weighted by Gasteiger charge is 2.13. The van der Waals surface area contributed by atoms with E-state index in [1.807, 2.05) is 12.1 Å². The zero-order chi connectivity index (χ0) is 14.2. The summed E-state index contributed by atoms with van der Waals surface area (Å²) in [7, 11) is 0. The van der Waals surface area contributed by atoms with Gasteiger partial charge in [-0.2, -0.15) is 11.3 Å². The van der Waals surface area contributed by atoms with E-state index in [4.69, 9.17) is 0 Å². The Morgan fingerprint density at radius 1 is 1.20 bits per heavy atom. The van der Waals surface area contributed by atoms with Crippen molar-refractivity contribution in [3.05, 3.63) is 58.0 Å². The molecule has 3 heteroatoms. The van der Waals surface area contributed by atoms with Gasteiger partial charge in [0, 0.05) is 0 Å². The smallest absolute Gasteiger partial charge is 0.126 e. The molecule has 1 N–H and O–H groups in total. The van der Waals surface area contributed by atoms with E-state index in [1.165, 1.54) is 5.56 Å². The van der Waals surface area contributed by atoms with Gasteiger partial charge in [-0.15, -0.1) is 0 Å². The summed E-state index contributed by atoms with van der Waals surface area (Å²) in [6.45, 7) is 4.13. The highest BCUT2D eigenvalue weighted by molar-refractivity contribution is 7.07. The largest absolute Gasteiger partial charge is 0.316 e. The van der Waals surface area contributed by atoms with Crippen molar-refractivity contribution in [2.75, 3.05) is 13.1 Å². The number of benzene rings is 1. The number of halogens is 1. The predicted octanol–water partition coefficient (Wildman–Crippen LogP) is 4.29. The molecule has 0 spiro atoms. The lowest BCUT2D eigenvalue weighted by atomic mass is 9.93. The molecular formula is C17H22FNS. The Balaban J connectivity index is 1.99. The summed E-state index contributed by atoms with van der Waals surface area (Å²) < 4.78 is 13.8. The summed E-state index contributed by atoms with van der Waals surface area (Å²) in [5.41, 5.74) is 2.18. The molecule has 1 nitrogen and oxygen atoms in total. The van der Waals surface area contributed by atoms with E-state index < -0.39 is 0 Å². The third-order valence-electron chi connectivity index (χ3n) is 3.43. The van der Waals surface area contributed by atoms with Crippen molar-refractivity contribution in [3.8, 4) is 0 Å². The Bertz CT molecular complexity index is 495. The van der Waals surface area contributed by atoms with Crippen molar-refractivity contribution in [2.24, 2.45) is 5.92 Å². The lowest BCUT2D eigenvalue weighted by molar-refractivity contribution is 0.461. The van der Waals surface area contributed by atoms with Crippen molar-refractivity contribution in [1.82, 2.24) is 5.32 Å². The van der Waals surface area contributed by atoms with Crippen LogP contribution in [0.25, 0.3) is 0 Å². The van der Waals surface area contributed by atoms with E-state index in [0.717, 1.165) is 37.9 Å². The minimum atomic E-state index is -0.0849. The van der Waals surface area contributed by atoms with Crippen LogP contribution in [-0.2, 0) is 12.8 Å². The molecule has 1 aromatic carbocycles. The van der Waals surface area contributed by atoms with E-state index in [-0.39, 0.29) is 5.82 Å². The molecule has 0 saturated heterocycles. The topological polar surface area (TPSA) is 12.0 Å². The van der Waals surface area contributed by atoms with Gasteiger partial charge in [-0.3, -0.25) is 0 Å². The van der Waals surface area contributed by atoms with Crippen molar-refractivity contribution in [2.45, 2.75) is 26.2 Å². The highest BCUT2D eigenvalue weighted by Crippen LogP contribution is 2.18. The lowest BCUT2D eigenvalue weighted by Gasteiger charge is -2.17. The summed E-state index contributed by atoms with van der Waals surface area (Å²) in [6, 6.07) is 9.28. The van der Waals surface area contributed by atoms with Crippen molar-refractivity contribution < 1.29 is 4.39 Å². The molecule has 1 unspecified atom stereocenters. The van der Waals surface area contributed by atoms with Crippen LogP contribution in [0.5, 0.6) is 0 Å². The van der Waals surface area contributed by atoms with Crippen LogP contribution >= 0.6 is 11.3 Å². The van der Waals surface area contributed by atoms with E-state index in [2.05, 4.69) is 29.1 Å². The minimum absolute atomic E-state index is 0.0849. The molecule has 1 atom stereocenters. The molecule has 0 amide bonds. The second-order valence-electron chi connectivity index (χ2n) is 5.20. The first-order valence-corrected chi connectivity index (χ1v) is 8.19. The summed E-state index contributed by atoms with van der Waals surface area (Å²) in [5.74, 6) is 0.353. The molecule has 0 bridgehead atoms. The Hall–Kier alpha value is -1.19. The van der Waals surface area contributed by atoms with Gasteiger partial charge < -0.3 is 5.32 Å². The van der Waals surface area contributed by atoms with Crippen LogP contribution in [-0.4, -0.2) is 13.1 Å². The van der Waals surface area contributed by atoms with Crippen molar-refractivity contribution >= 4 is 11.3 Å². The number of hydrogen-bond donors (Lipinski definition) is 1. The molecule has 0 aliphatic rings. The molecule has 2 rings (SSSR count). The monoisotopic (exact) mass is 291 g/mol. The maximum Gasteiger partial charge on any atom is 0.126 e. The van der Waals surface area contributed by atoms with Crippen molar-refractivity contribution in [1.29, 1.82) is 0 Å². The van der Waals surface area contributed by atoms with Gasteiger partial charge in [-0.25, -0.2) is 4.39 Å². The van der Waals surface area contributed by atoms with Gasteiger partial charge in [0.05, 0.1) is 0 Å². The summed E-state index contributed by atoms with van der Waals surface area (Å²) in [4.78, 5) is 0. The molecule has 0 saturated carbocycles. The Labute approximate surface area is 124 Å². The third-order valence-corrected chi connectivity index (χ3v) is 4.16. The van der Waals surface area contributed by atoms with Crippen LogP contribution in [0.4, 0.5) is 4.39 Å². The van der Waals surface area contributed by atoms with Gasteiger partial charge in [0.15, 0.2) is 0 Å². The summed E-state index contributed by atoms with van der Waals surface area (Å²) in [6.07, 6.45) is 2.93. The lowest BCUT2D eigenvalue weighted by Crippen LogP contribution is -2.26. The molecule has 1 aromatic heterocycles. The number of hydrogen-bond acceptors (Lipinski definition) is 2. The Morgan fingerprint density at radius 3 is 2.75 bits per heavy atom. The van der Waals surface area contributed by atoms with Crippen LogP contribution in [0, 0.1) is 11.7 Å². The van der Waals surface area contributed by atoms with Crippen LogP contribution in [0.2, 0.25) is 0 Å². The van der Waals surface area contributed by atoms with E-state index in [1.54, 1.807) is 23.5 Å². The molecular weight excluding hydrogens is 269 g/mol. The van der Waals surface area contributed by atoms with Gasteiger partial charge >= 0.3 is 0 Å². The quantitative estimate of drug-likeness (QED) is 0.716. The first-order valence-electron chi connectivity index (χ1n) is 7.24. The average Bonchev–Trinajstić information content (AvgIpc) is 2.94. The Morgan fingerprint density at radius 2 is 2.05 bits per heavy atom. The highest BCUT2D eigenvalue weighted by atomic mass is 32.1. The minimum Gasteiger partial charge on any atom is -0.316 e. The second kappa shape index (κ2) is 8.18. The fourth-order valence-electron chi connectivity index (χ4n) is 2.42. The molecule has 1 heterocycles. The Kier molecular flexibility index (Phi) is 6.22. The van der Waals surface area contributed by atoms with Crippen LogP contribution in [0.1, 0.15) is 24.5 Å². The number of rotatable bonds is 8. The van der Waals surface area contributed by atoms with E-state index in [9.17, 15) is 4.39 Å². The molecule has 0 aliphatic heterocycles. The fraction of sp³-hybridized carbons (Fsp3) is 0.412. The molecule has 0 fully saturated rings. The third kappa shape index (κ3) is 4.73. The SMILES string of the molecule is CCCNCC(Cc1ccsc1)Cc1ccccc1F. The van der Waals surface area contributed by atoms with Crippen molar-refractivity contribution in [3.63, 3.8) is 0 Å². The van der Waals surface area contributed by atoms with Crippen LogP contribution < -0.4 is 5.32 Å². The van der Waals surface area contributed by atoms with Crippen LogP contribution in [0.3, 0.4) is 0 Å². The first kappa shape index (κ1) is 15.2. The summed E-state index contributed by atoms with van der Waals surface area (Å²) >= 11 is 1.72.